The van der Waals surface area contributed by atoms with Crippen LogP contribution >= 0.6 is 0 Å². The van der Waals surface area contributed by atoms with Gasteiger partial charge in [-0.05, 0) is 64.0 Å². The standard InChI is InChI=1S/C14H23N3/c1-9(2)17-5-4-11-7-14-13(6-12(11)8-17)10(3)15-16-14/h9,11-12H,4-8H2,1-3H3,(H,15,16)/t11-,12+/m1/s1. The zero-order chi connectivity index (χ0) is 12.0. The number of piperidine rings is 1. The maximum atomic E-state index is 4.37. The second-order valence-electron chi connectivity index (χ2n) is 6.07. The van der Waals surface area contributed by atoms with E-state index in [1.54, 1.807) is 0 Å². The van der Waals surface area contributed by atoms with E-state index in [1.807, 2.05) is 0 Å². The number of likely N-dealkylation sites (tertiary alicyclic amines) is 1. The summed E-state index contributed by atoms with van der Waals surface area (Å²) in [6, 6.07) is 0.697. The van der Waals surface area contributed by atoms with Crippen LogP contribution in [0.25, 0.3) is 0 Å². The first-order chi connectivity index (χ1) is 8.15. The van der Waals surface area contributed by atoms with E-state index in [4.69, 9.17) is 0 Å². The number of nitrogens with zero attached hydrogens (tertiary/aromatic N) is 2. The van der Waals surface area contributed by atoms with Gasteiger partial charge in [0, 0.05) is 18.3 Å². The van der Waals surface area contributed by atoms with Gasteiger partial charge < -0.3 is 4.90 Å². The number of rotatable bonds is 1. The van der Waals surface area contributed by atoms with Crippen molar-refractivity contribution >= 4 is 0 Å². The molecule has 2 heterocycles. The van der Waals surface area contributed by atoms with Crippen LogP contribution in [-0.4, -0.2) is 34.2 Å². The van der Waals surface area contributed by atoms with Crippen molar-refractivity contribution in [2.75, 3.05) is 13.1 Å². The molecule has 1 aromatic rings. The molecule has 3 heteroatoms. The van der Waals surface area contributed by atoms with Crippen LogP contribution < -0.4 is 0 Å². The maximum Gasteiger partial charge on any atom is 0.0626 e. The Hall–Kier alpha value is -0.830. The SMILES string of the molecule is Cc1n[nH]c2c1C[C@H]1CN(C(C)C)CC[C@@H]1C2. The predicted octanol–water partition coefficient (Wildman–Crippen LogP) is 2.16. The Morgan fingerprint density at radius 2 is 2.12 bits per heavy atom. The van der Waals surface area contributed by atoms with Crippen LogP contribution in [0.5, 0.6) is 0 Å². The number of aryl methyl sites for hydroxylation is 1. The topological polar surface area (TPSA) is 31.9 Å². The lowest BCUT2D eigenvalue weighted by Gasteiger charge is -2.42. The Bertz CT molecular complexity index is 408. The second-order valence-corrected chi connectivity index (χ2v) is 6.07. The van der Waals surface area contributed by atoms with Gasteiger partial charge in [-0.25, -0.2) is 0 Å². The van der Waals surface area contributed by atoms with Gasteiger partial charge in [0.2, 0.25) is 0 Å². The zero-order valence-corrected chi connectivity index (χ0v) is 11.2. The molecule has 0 bridgehead atoms. The number of hydrogen-bond donors (Lipinski definition) is 1. The summed E-state index contributed by atoms with van der Waals surface area (Å²) in [5.41, 5.74) is 4.15. The van der Waals surface area contributed by atoms with E-state index >= 15 is 0 Å². The highest BCUT2D eigenvalue weighted by Gasteiger charge is 2.35. The third-order valence-corrected chi connectivity index (χ3v) is 4.75. The molecule has 2 aliphatic rings. The van der Waals surface area contributed by atoms with Gasteiger partial charge in [-0.1, -0.05) is 0 Å². The predicted molar refractivity (Wildman–Crippen MR) is 69.0 cm³/mol. The maximum absolute atomic E-state index is 4.37. The van der Waals surface area contributed by atoms with Crippen molar-refractivity contribution in [1.82, 2.24) is 15.1 Å². The van der Waals surface area contributed by atoms with Gasteiger partial charge in [-0.3, -0.25) is 5.10 Å². The molecule has 0 spiro atoms. The van der Waals surface area contributed by atoms with Crippen LogP contribution in [0.2, 0.25) is 0 Å². The molecule has 3 rings (SSSR count). The van der Waals surface area contributed by atoms with Crippen LogP contribution in [0.4, 0.5) is 0 Å². The molecular formula is C14H23N3. The number of aromatic nitrogens is 2. The lowest BCUT2D eigenvalue weighted by Crippen LogP contribution is -2.46. The van der Waals surface area contributed by atoms with Crippen molar-refractivity contribution in [2.45, 2.75) is 46.1 Å². The Balaban J connectivity index is 1.80. The minimum Gasteiger partial charge on any atom is -0.301 e. The van der Waals surface area contributed by atoms with Gasteiger partial charge in [0.25, 0.3) is 0 Å². The molecule has 1 fully saturated rings. The van der Waals surface area contributed by atoms with Crippen molar-refractivity contribution in [3.05, 3.63) is 17.0 Å². The summed E-state index contributed by atoms with van der Waals surface area (Å²) in [6.07, 6.45) is 3.83. The average Bonchev–Trinajstić information content (AvgIpc) is 2.67. The number of H-pyrrole nitrogens is 1. The number of nitrogens with one attached hydrogen (secondary N) is 1. The molecule has 0 saturated carbocycles. The molecule has 3 nitrogen and oxygen atoms in total. The van der Waals surface area contributed by atoms with E-state index < -0.39 is 0 Å². The van der Waals surface area contributed by atoms with Crippen molar-refractivity contribution in [1.29, 1.82) is 0 Å². The van der Waals surface area contributed by atoms with E-state index in [-0.39, 0.29) is 0 Å². The van der Waals surface area contributed by atoms with Crippen LogP contribution in [-0.2, 0) is 12.8 Å². The van der Waals surface area contributed by atoms with Gasteiger partial charge >= 0.3 is 0 Å². The molecule has 0 amide bonds. The molecule has 94 valence electrons. The first-order valence-corrected chi connectivity index (χ1v) is 6.92. The van der Waals surface area contributed by atoms with Gasteiger partial charge in [0.05, 0.1) is 5.69 Å². The van der Waals surface area contributed by atoms with E-state index in [0.29, 0.717) is 6.04 Å². The molecule has 17 heavy (non-hydrogen) atoms. The first kappa shape index (κ1) is 11.3. The summed E-state index contributed by atoms with van der Waals surface area (Å²) in [5, 5.41) is 7.60. The van der Waals surface area contributed by atoms with Crippen LogP contribution in [0.1, 0.15) is 37.2 Å². The van der Waals surface area contributed by atoms with Crippen LogP contribution in [0.3, 0.4) is 0 Å². The number of fused-ring (bicyclic) bond motifs is 2. The van der Waals surface area contributed by atoms with Crippen molar-refractivity contribution in [3.8, 4) is 0 Å². The Morgan fingerprint density at radius 1 is 1.29 bits per heavy atom. The minimum absolute atomic E-state index is 0.697. The third-order valence-electron chi connectivity index (χ3n) is 4.75. The number of aromatic amines is 1. The van der Waals surface area contributed by atoms with Gasteiger partial charge in [-0.2, -0.15) is 5.10 Å². The number of hydrogen-bond acceptors (Lipinski definition) is 2. The molecule has 2 atom stereocenters. The van der Waals surface area contributed by atoms with Crippen LogP contribution in [0, 0.1) is 18.8 Å². The average molecular weight is 233 g/mol. The van der Waals surface area contributed by atoms with Crippen molar-refractivity contribution in [3.63, 3.8) is 0 Å². The highest BCUT2D eigenvalue weighted by Crippen LogP contribution is 2.36. The fraction of sp³-hybridized carbons (Fsp3) is 0.786. The third kappa shape index (κ3) is 1.90. The molecule has 0 radical (unpaired) electrons. The molecule has 1 aromatic heterocycles. The normalized spacial score (nSPS) is 29.2. The summed E-state index contributed by atoms with van der Waals surface area (Å²) in [5.74, 6) is 1.74. The summed E-state index contributed by atoms with van der Waals surface area (Å²) in [6.45, 7) is 9.34. The zero-order valence-electron chi connectivity index (χ0n) is 11.2. The Labute approximate surface area is 104 Å². The summed E-state index contributed by atoms with van der Waals surface area (Å²) >= 11 is 0. The van der Waals surface area contributed by atoms with E-state index in [9.17, 15) is 0 Å². The van der Waals surface area contributed by atoms with E-state index in [1.165, 1.54) is 49.3 Å². The van der Waals surface area contributed by atoms with E-state index in [2.05, 4.69) is 35.9 Å². The monoisotopic (exact) mass is 233 g/mol. The molecule has 1 aliphatic heterocycles. The van der Waals surface area contributed by atoms with E-state index in [0.717, 1.165) is 11.8 Å². The lowest BCUT2D eigenvalue weighted by molar-refractivity contribution is 0.0871. The molecule has 1 aliphatic carbocycles. The fourth-order valence-corrected chi connectivity index (χ4v) is 3.55. The van der Waals surface area contributed by atoms with Gasteiger partial charge in [0.1, 0.15) is 0 Å². The molecular weight excluding hydrogens is 210 g/mol. The molecule has 1 saturated heterocycles. The molecule has 0 unspecified atom stereocenters. The lowest BCUT2D eigenvalue weighted by atomic mass is 9.74. The smallest absolute Gasteiger partial charge is 0.0626 e. The molecule has 0 aromatic carbocycles. The van der Waals surface area contributed by atoms with Crippen molar-refractivity contribution in [2.24, 2.45) is 11.8 Å². The Morgan fingerprint density at radius 3 is 2.88 bits per heavy atom. The highest BCUT2D eigenvalue weighted by molar-refractivity contribution is 5.28. The summed E-state index contributed by atoms with van der Waals surface area (Å²) in [4.78, 5) is 2.64. The van der Waals surface area contributed by atoms with Crippen LogP contribution in [0.15, 0.2) is 0 Å². The largest absolute Gasteiger partial charge is 0.301 e. The summed E-state index contributed by atoms with van der Waals surface area (Å²) in [7, 11) is 0. The highest BCUT2D eigenvalue weighted by atomic mass is 15.2. The Kier molecular flexibility index (Phi) is 2.74. The van der Waals surface area contributed by atoms with Crippen molar-refractivity contribution < 1.29 is 0 Å². The quantitative estimate of drug-likeness (QED) is 0.806. The summed E-state index contributed by atoms with van der Waals surface area (Å²) < 4.78 is 0. The van der Waals surface area contributed by atoms with Gasteiger partial charge in [0.15, 0.2) is 0 Å². The molecule has 1 N–H and O–H groups in total. The second kappa shape index (κ2) is 4.13. The van der Waals surface area contributed by atoms with Gasteiger partial charge in [-0.15, -0.1) is 0 Å². The fourth-order valence-electron chi connectivity index (χ4n) is 3.55. The minimum atomic E-state index is 0.697. The first-order valence-electron chi connectivity index (χ1n) is 6.92.